The van der Waals surface area contributed by atoms with Gasteiger partial charge in [0.05, 0.1) is 0 Å². The summed E-state index contributed by atoms with van der Waals surface area (Å²) in [7, 11) is 0. The number of hydrogen-bond donors (Lipinski definition) is 2. The summed E-state index contributed by atoms with van der Waals surface area (Å²) in [5, 5.41) is 0. The van der Waals surface area contributed by atoms with E-state index in [2.05, 4.69) is 132 Å². The van der Waals surface area contributed by atoms with Crippen LogP contribution in [0.15, 0.2) is 67.1 Å². The van der Waals surface area contributed by atoms with Gasteiger partial charge in [-0.1, -0.05) is 95.2 Å². The van der Waals surface area contributed by atoms with Gasteiger partial charge in [0.2, 0.25) is 0 Å². The molecule has 1 aliphatic rings. The molecule has 2 nitrogen and oxygen atoms in total. The standard InChI is InChI=1S/C36H54N2S4/c1-33(2,3)39-28-15-13-16-29(40-34(4,5)6)25(28)21-23-19-20-27(37)32(38)24(23)22-26-30(41-35(7,8)9)17-14-18-31(26)42-36(10,11)12/h13-18,21-22,27,32H,19-20,37-38H2,1-12H3. The zero-order valence-corrected chi connectivity index (χ0v) is 31.2. The fraction of sp³-hybridized carbons (Fsp3) is 0.556. The number of thioether (sulfide) groups is 4. The zero-order valence-electron chi connectivity index (χ0n) is 28.0. The Hall–Kier alpha value is -0.760. The quantitative estimate of drug-likeness (QED) is 0.306. The lowest BCUT2D eigenvalue weighted by Gasteiger charge is -2.32. The Balaban J connectivity index is 2.30. The minimum atomic E-state index is -0.216. The SMILES string of the molecule is CC(C)(C)Sc1cccc(SC(C)(C)C)c1C=C1CCC(N)C(N)C1=Cc1c(SC(C)(C)C)cccc1SC(C)(C)C. The van der Waals surface area contributed by atoms with Crippen LogP contribution in [-0.4, -0.2) is 31.1 Å². The van der Waals surface area contributed by atoms with Crippen molar-refractivity contribution in [1.82, 2.24) is 0 Å². The average Bonchev–Trinajstić information content (AvgIpc) is 2.78. The lowest BCUT2D eigenvalue weighted by atomic mass is 9.81. The number of nitrogens with two attached hydrogens (primary N) is 2. The smallest absolute Gasteiger partial charge is 0.0451 e. The molecule has 3 rings (SSSR count). The van der Waals surface area contributed by atoms with Crippen LogP contribution in [0.1, 0.15) is 107 Å². The minimum Gasteiger partial charge on any atom is -0.326 e. The van der Waals surface area contributed by atoms with Crippen LogP contribution in [0, 0.1) is 0 Å². The number of rotatable bonds is 6. The van der Waals surface area contributed by atoms with Crippen LogP contribution < -0.4 is 11.5 Å². The molecule has 0 saturated heterocycles. The predicted octanol–water partition coefficient (Wildman–Crippen LogP) is 11.2. The summed E-state index contributed by atoms with van der Waals surface area (Å²) < 4.78 is 0.378. The maximum absolute atomic E-state index is 6.99. The van der Waals surface area contributed by atoms with Crippen LogP contribution in [0.3, 0.4) is 0 Å². The summed E-state index contributed by atoms with van der Waals surface area (Å²) in [4.78, 5) is 5.23. The van der Waals surface area contributed by atoms with Crippen LogP contribution in [0.25, 0.3) is 12.2 Å². The first-order chi connectivity index (χ1) is 19.1. The van der Waals surface area contributed by atoms with Crippen molar-refractivity contribution in [2.24, 2.45) is 11.5 Å². The molecule has 1 fully saturated rings. The Morgan fingerprint density at radius 3 is 1.24 bits per heavy atom. The van der Waals surface area contributed by atoms with E-state index in [0.29, 0.717) is 0 Å². The summed E-state index contributed by atoms with van der Waals surface area (Å²) in [5.41, 5.74) is 18.7. The lowest BCUT2D eigenvalue weighted by Crippen LogP contribution is -2.45. The highest BCUT2D eigenvalue weighted by Gasteiger charge is 2.29. The van der Waals surface area contributed by atoms with Gasteiger partial charge in [0.25, 0.3) is 0 Å². The molecular weight excluding hydrogens is 589 g/mol. The Kier molecular flexibility index (Phi) is 11.7. The third kappa shape index (κ3) is 11.0. The highest BCUT2D eigenvalue weighted by Crippen LogP contribution is 2.46. The van der Waals surface area contributed by atoms with E-state index in [1.807, 2.05) is 47.0 Å². The fourth-order valence-corrected chi connectivity index (χ4v) is 9.24. The van der Waals surface area contributed by atoms with Crippen molar-refractivity contribution < 1.29 is 0 Å². The monoisotopic (exact) mass is 642 g/mol. The number of hydrogen-bond acceptors (Lipinski definition) is 6. The molecular formula is C36H54N2S4. The Morgan fingerprint density at radius 1 is 0.571 bits per heavy atom. The molecule has 2 aromatic rings. The first-order valence-electron chi connectivity index (χ1n) is 15.1. The van der Waals surface area contributed by atoms with Gasteiger partial charge in [-0.05, 0) is 60.4 Å². The second-order valence-corrected chi connectivity index (χ2v) is 22.7. The van der Waals surface area contributed by atoms with Crippen molar-refractivity contribution in [3.05, 3.63) is 58.7 Å². The van der Waals surface area contributed by atoms with E-state index in [4.69, 9.17) is 11.5 Å². The summed E-state index contributed by atoms with van der Waals surface area (Å²) in [6, 6.07) is 13.2. The van der Waals surface area contributed by atoms with Gasteiger partial charge in [0, 0.05) is 61.8 Å². The second-order valence-electron chi connectivity index (χ2n) is 15.2. The van der Waals surface area contributed by atoms with Gasteiger partial charge < -0.3 is 11.5 Å². The van der Waals surface area contributed by atoms with E-state index in [-0.39, 0.29) is 31.1 Å². The molecule has 0 amide bonds. The van der Waals surface area contributed by atoms with E-state index < -0.39 is 0 Å². The normalized spacial score (nSPS) is 20.9. The molecule has 2 atom stereocenters. The molecule has 0 bridgehead atoms. The van der Waals surface area contributed by atoms with Gasteiger partial charge in [-0.15, -0.1) is 47.0 Å². The van der Waals surface area contributed by atoms with Crippen LogP contribution in [-0.2, 0) is 0 Å². The summed E-state index contributed by atoms with van der Waals surface area (Å²) in [6.45, 7) is 27.4. The molecule has 1 saturated carbocycles. The predicted molar refractivity (Wildman–Crippen MR) is 196 cm³/mol. The van der Waals surface area contributed by atoms with Crippen molar-refractivity contribution in [2.45, 2.75) is 147 Å². The molecule has 4 N–H and O–H groups in total. The van der Waals surface area contributed by atoms with E-state index in [1.54, 1.807) is 0 Å². The first kappa shape index (κ1) is 35.7. The highest BCUT2D eigenvalue weighted by atomic mass is 32.2. The third-order valence-electron chi connectivity index (χ3n) is 6.27. The van der Waals surface area contributed by atoms with Gasteiger partial charge in [-0.3, -0.25) is 0 Å². The molecule has 232 valence electrons. The van der Waals surface area contributed by atoms with E-state index >= 15 is 0 Å². The summed E-state index contributed by atoms with van der Waals surface area (Å²) in [5.74, 6) is 0. The molecule has 2 unspecified atom stereocenters. The molecule has 0 spiro atoms. The van der Waals surface area contributed by atoms with Crippen molar-refractivity contribution in [3.63, 3.8) is 0 Å². The van der Waals surface area contributed by atoms with Crippen LogP contribution in [0.5, 0.6) is 0 Å². The van der Waals surface area contributed by atoms with Crippen LogP contribution in [0.4, 0.5) is 0 Å². The lowest BCUT2D eigenvalue weighted by molar-refractivity contribution is 0.511. The van der Waals surface area contributed by atoms with E-state index in [9.17, 15) is 0 Å². The number of benzene rings is 2. The maximum atomic E-state index is 6.99. The van der Waals surface area contributed by atoms with Crippen molar-refractivity contribution in [1.29, 1.82) is 0 Å². The van der Waals surface area contributed by atoms with Crippen LogP contribution >= 0.6 is 47.0 Å². The molecule has 0 aliphatic heterocycles. The van der Waals surface area contributed by atoms with Gasteiger partial charge in [-0.25, -0.2) is 0 Å². The molecule has 0 heterocycles. The van der Waals surface area contributed by atoms with Crippen molar-refractivity contribution in [2.75, 3.05) is 0 Å². The van der Waals surface area contributed by atoms with E-state index in [1.165, 1.54) is 41.9 Å². The molecule has 2 aromatic carbocycles. The first-order valence-corrected chi connectivity index (χ1v) is 18.3. The van der Waals surface area contributed by atoms with Gasteiger partial charge >= 0.3 is 0 Å². The van der Waals surface area contributed by atoms with Gasteiger partial charge in [-0.2, -0.15) is 0 Å². The molecule has 0 radical (unpaired) electrons. The zero-order chi connectivity index (χ0) is 31.7. The summed E-state index contributed by atoms with van der Waals surface area (Å²) >= 11 is 7.73. The Labute approximate surface area is 274 Å². The topological polar surface area (TPSA) is 52.0 Å². The average molecular weight is 643 g/mol. The minimum absolute atomic E-state index is 0.0582. The second kappa shape index (κ2) is 13.7. The molecule has 1 aliphatic carbocycles. The summed E-state index contributed by atoms with van der Waals surface area (Å²) in [6.07, 6.45) is 6.64. The van der Waals surface area contributed by atoms with Crippen molar-refractivity contribution in [3.8, 4) is 0 Å². The molecule has 42 heavy (non-hydrogen) atoms. The highest BCUT2D eigenvalue weighted by molar-refractivity contribution is 8.02. The fourth-order valence-electron chi connectivity index (χ4n) is 4.77. The third-order valence-corrected chi connectivity index (χ3v) is 11.0. The maximum Gasteiger partial charge on any atom is 0.0451 e. The van der Waals surface area contributed by atoms with Crippen molar-refractivity contribution >= 4 is 59.2 Å². The van der Waals surface area contributed by atoms with Crippen LogP contribution in [0.2, 0.25) is 0 Å². The Bertz CT molecular complexity index is 1230. The molecule has 6 heteroatoms. The van der Waals surface area contributed by atoms with E-state index in [0.717, 1.165) is 12.8 Å². The van der Waals surface area contributed by atoms with Gasteiger partial charge in [0.15, 0.2) is 0 Å². The Morgan fingerprint density at radius 2 is 0.905 bits per heavy atom. The molecule has 0 aromatic heterocycles. The largest absolute Gasteiger partial charge is 0.326 e. The van der Waals surface area contributed by atoms with Gasteiger partial charge in [0.1, 0.15) is 0 Å².